The van der Waals surface area contributed by atoms with Gasteiger partial charge in [0.15, 0.2) is 0 Å². The highest BCUT2D eigenvalue weighted by Gasteiger charge is 2.32. The number of allylic oxidation sites excluding steroid dienone is 4. The molecule has 0 saturated heterocycles. The molecule has 24 heavy (non-hydrogen) atoms. The standard InChI is InChI=1S/C20H32O4/c1-13-4-3-5-19-15(10-13)7-6-14(2)18(19)9-8-16(21)11-17(22)12-20(23)24/h6-7,10,13-14,16-19,21-22H,3-5,8-9,11-12H2,1-2H3,(H,23,24)/t13-,14+,16?,17?,18?,19+/m1/s1. The molecule has 0 spiro atoms. The quantitative estimate of drug-likeness (QED) is 0.664. The lowest BCUT2D eigenvalue weighted by Crippen LogP contribution is -2.27. The van der Waals surface area contributed by atoms with Crippen molar-refractivity contribution in [1.82, 2.24) is 0 Å². The Morgan fingerprint density at radius 3 is 2.71 bits per heavy atom. The van der Waals surface area contributed by atoms with E-state index in [-0.39, 0.29) is 12.8 Å². The maximum absolute atomic E-state index is 10.6. The molecule has 2 rings (SSSR count). The normalized spacial score (nSPS) is 32.4. The topological polar surface area (TPSA) is 77.8 Å². The molecule has 0 aliphatic heterocycles. The minimum absolute atomic E-state index is 0.146. The molecule has 3 N–H and O–H groups in total. The summed E-state index contributed by atoms with van der Waals surface area (Å²) in [6, 6.07) is 0. The van der Waals surface area contributed by atoms with E-state index < -0.39 is 18.2 Å². The van der Waals surface area contributed by atoms with Crippen LogP contribution in [-0.2, 0) is 4.79 Å². The third-order valence-corrected chi connectivity index (χ3v) is 5.65. The van der Waals surface area contributed by atoms with Crippen LogP contribution in [0.2, 0.25) is 0 Å². The SMILES string of the molecule is C[C@H]1C=C2C=C[C@H](C)C(CCC(O)CC(O)CC(=O)O)[C@H]2CCC1. The van der Waals surface area contributed by atoms with Gasteiger partial charge in [0.25, 0.3) is 0 Å². The van der Waals surface area contributed by atoms with Gasteiger partial charge in [-0.05, 0) is 61.3 Å². The van der Waals surface area contributed by atoms with Gasteiger partial charge in [0, 0.05) is 0 Å². The molecule has 0 fully saturated rings. The van der Waals surface area contributed by atoms with E-state index >= 15 is 0 Å². The molecule has 0 aromatic rings. The zero-order chi connectivity index (χ0) is 17.7. The third-order valence-electron chi connectivity index (χ3n) is 5.65. The van der Waals surface area contributed by atoms with Crippen molar-refractivity contribution in [2.45, 2.75) is 71.0 Å². The lowest BCUT2D eigenvalue weighted by atomic mass is 9.70. The highest BCUT2D eigenvalue weighted by Crippen LogP contribution is 2.42. The average molecular weight is 336 g/mol. The van der Waals surface area contributed by atoms with Crippen molar-refractivity contribution in [2.75, 3.05) is 0 Å². The number of aliphatic hydroxyl groups is 2. The molecule has 0 amide bonds. The Balaban J connectivity index is 1.92. The van der Waals surface area contributed by atoms with Crippen molar-refractivity contribution >= 4 is 5.97 Å². The number of carboxylic acids is 1. The molecule has 6 atom stereocenters. The summed E-state index contributed by atoms with van der Waals surface area (Å²) in [6.45, 7) is 4.53. The summed E-state index contributed by atoms with van der Waals surface area (Å²) in [5, 5.41) is 28.5. The number of fused-ring (bicyclic) bond motifs is 1. The van der Waals surface area contributed by atoms with Gasteiger partial charge in [-0.15, -0.1) is 0 Å². The summed E-state index contributed by atoms with van der Waals surface area (Å²) < 4.78 is 0. The first-order valence-electron chi connectivity index (χ1n) is 9.34. The lowest BCUT2D eigenvalue weighted by Gasteiger charge is -2.35. The Labute approximate surface area is 145 Å². The molecular formula is C20H32O4. The van der Waals surface area contributed by atoms with Crippen LogP contribution in [0.5, 0.6) is 0 Å². The first-order valence-corrected chi connectivity index (χ1v) is 9.34. The van der Waals surface area contributed by atoms with Crippen LogP contribution >= 0.6 is 0 Å². The van der Waals surface area contributed by atoms with Crippen LogP contribution in [0.3, 0.4) is 0 Å². The molecule has 0 heterocycles. The van der Waals surface area contributed by atoms with Gasteiger partial charge < -0.3 is 15.3 Å². The number of hydrogen-bond donors (Lipinski definition) is 3. The van der Waals surface area contributed by atoms with Gasteiger partial charge >= 0.3 is 5.97 Å². The predicted octanol–water partition coefficient (Wildman–Crippen LogP) is 3.54. The van der Waals surface area contributed by atoms with E-state index in [1.54, 1.807) is 0 Å². The number of carbonyl (C=O) groups is 1. The maximum Gasteiger partial charge on any atom is 0.305 e. The summed E-state index contributed by atoms with van der Waals surface area (Å²) >= 11 is 0. The second kappa shape index (κ2) is 8.82. The molecule has 0 bridgehead atoms. The lowest BCUT2D eigenvalue weighted by molar-refractivity contribution is -0.139. The number of hydrogen-bond acceptors (Lipinski definition) is 3. The average Bonchev–Trinajstić information content (AvgIpc) is 2.66. The number of aliphatic hydroxyl groups excluding tert-OH is 2. The molecule has 0 aromatic heterocycles. The van der Waals surface area contributed by atoms with Crippen LogP contribution in [-0.4, -0.2) is 33.5 Å². The van der Waals surface area contributed by atoms with E-state index in [4.69, 9.17) is 5.11 Å². The minimum atomic E-state index is -1.02. The van der Waals surface area contributed by atoms with Crippen molar-refractivity contribution in [2.24, 2.45) is 23.7 Å². The van der Waals surface area contributed by atoms with Crippen molar-refractivity contribution in [3.05, 3.63) is 23.8 Å². The van der Waals surface area contributed by atoms with Crippen LogP contribution in [0, 0.1) is 23.7 Å². The molecule has 0 aromatic carbocycles. The minimum Gasteiger partial charge on any atom is -0.481 e. The fourth-order valence-electron chi connectivity index (χ4n) is 4.34. The number of carboxylic acid groups (broad SMARTS) is 1. The molecule has 136 valence electrons. The highest BCUT2D eigenvalue weighted by molar-refractivity contribution is 5.67. The molecule has 0 radical (unpaired) electrons. The molecular weight excluding hydrogens is 304 g/mol. The maximum atomic E-state index is 10.6. The van der Waals surface area contributed by atoms with Gasteiger partial charge in [-0.1, -0.05) is 38.5 Å². The molecule has 3 unspecified atom stereocenters. The molecule has 4 heteroatoms. The summed E-state index contributed by atoms with van der Waals surface area (Å²) in [5.41, 5.74) is 1.46. The zero-order valence-corrected chi connectivity index (χ0v) is 14.9. The van der Waals surface area contributed by atoms with E-state index in [9.17, 15) is 15.0 Å². The second-order valence-electron chi connectivity index (χ2n) is 7.78. The molecule has 4 nitrogen and oxygen atoms in total. The Hall–Kier alpha value is -1.13. The zero-order valence-electron chi connectivity index (χ0n) is 14.9. The summed E-state index contributed by atoms with van der Waals surface area (Å²) in [7, 11) is 0. The fraction of sp³-hybridized carbons (Fsp3) is 0.750. The Morgan fingerprint density at radius 2 is 2.00 bits per heavy atom. The van der Waals surface area contributed by atoms with Crippen molar-refractivity contribution in [3.63, 3.8) is 0 Å². The van der Waals surface area contributed by atoms with Crippen molar-refractivity contribution < 1.29 is 20.1 Å². The highest BCUT2D eigenvalue weighted by atomic mass is 16.4. The molecule has 2 aliphatic rings. The first-order chi connectivity index (χ1) is 11.4. The summed E-state index contributed by atoms with van der Waals surface area (Å²) in [6.07, 6.45) is 10.5. The molecule has 2 aliphatic carbocycles. The Kier molecular flexibility index (Phi) is 7.05. The summed E-state index contributed by atoms with van der Waals surface area (Å²) in [5.74, 6) is 1.21. The number of rotatable bonds is 7. The molecule has 0 saturated carbocycles. The van der Waals surface area contributed by atoms with Crippen LogP contribution in [0.25, 0.3) is 0 Å². The number of aliphatic carboxylic acids is 1. The van der Waals surface area contributed by atoms with Gasteiger partial charge in [-0.2, -0.15) is 0 Å². The van der Waals surface area contributed by atoms with Gasteiger partial charge in [-0.3, -0.25) is 4.79 Å². The van der Waals surface area contributed by atoms with E-state index in [0.29, 0.717) is 30.1 Å². The van der Waals surface area contributed by atoms with Gasteiger partial charge in [0.1, 0.15) is 0 Å². The van der Waals surface area contributed by atoms with E-state index in [1.807, 2.05) is 0 Å². The van der Waals surface area contributed by atoms with Gasteiger partial charge in [-0.25, -0.2) is 0 Å². The fourth-order valence-corrected chi connectivity index (χ4v) is 4.34. The van der Waals surface area contributed by atoms with E-state index in [1.165, 1.54) is 24.8 Å². The van der Waals surface area contributed by atoms with E-state index in [2.05, 4.69) is 32.1 Å². The first kappa shape index (κ1) is 19.2. The van der Waals surface area contributed by atoms with Crippen molar-refractivity contribution in [1.29, 1.82) is 0 Å². The Bertz CT molecular complexity index is 482. The van der Waals surface area contributed by atoms with Crippen molar-refractivity contribution in [3.8, 4) is 0 Å². The van der Waals surface area contributed by atoms with Crippen LogP contribution in [0.1, 0.15) is 58.8 Å². The second-order valence-corrected chi connectivity index (χ2v) is 7.78. The van der Waals surface area contributed by atoms with Crippen LogP contribution < -0.4 is 0 Å². The predicted molar refractivity (Wildman–Crippen MR) is 94.5 cm³/mol. The third kappa shape index (κ3) is 5.45. The summed E-state index contributed by atoms with van der Waals surface area (Å²) in [4.78, 5) is 10.6. The van der Waals surface area contributed by atoms with Gasteiger partial charge in [0.05, 0.1) is 18.6 Å². The largest absolute Gasteiger partial charge is 0.481 e. The van der Waals surface area contributed by atoms with Gasteiger partial charge in [0.2, 0.25) is 0 Å². The smallest absolute Gasteiger partial charge is 0.305 e. The van der Waals surface area contributed by atoms with Crippen LogP contribution in [0.15, 0.2) is 23.8 Å². The monoisotopic (exact) mass is 336 g/mol. The van der Waals surface area contributed by atoms with Crippen LogP contribution in [0.4, 0.5) is 0 Å². The van der Waals surface area contributed by atoms with E-state index in [0.717, 1.165) is 6.42 Å². The Morgan fingerprint density at radius 1 is 1.25 bits per heavy atom.